The maximum Gasteiger partial charge on any atom is 0.144 e. The first kappa shape index (κ1) is 15.0. The van der Waals surface area contributed by atoms with Crippen molar-refractivity contribution in [1.82, 2.24) is 0 Å². The number of nitrogens with two attached hydrogens (primary N) is 1. The first-order valence-corrected chi connectivity index (χ1v) is 6.96. The Balaban J connectivity index is 2.36. The number of benzene rings is 2. The summed E-state index contributed by atoms with van der Waals surface area (Å²) in [5, 5.41) is 0. The van der Waals surface area contributed by atoms with Crippen molar-refractivity contribution in [2.45, 2.75) is 20.0 Å². The fourth-order valence-electron chi connectivity index (χ4n) is 2.14. The maximum absolute atomic E-state index is 6.24. The molecular formula is C17H22N2O2. The van der Waals surface area contributed by atoms with Crippen LogP contribution in [0.25, 0.3) is 0 Å². The molecule has 0 radical (unpaired) electrons. The molecule has 2 rings (SSSR count). The number of methoxy groups -OCH3 is 1. The normalized spacial score (nSPS) is 10.5. The van der Waals surface area contributed by atoms with Gasteiger partial charge in [-0.05, 0) is 38.1 Å². The standard InChI is InChI=1S/C17H22N2O2/c1-12(2)21-16-10-6-9-15(17(16)18)19(3)13-7-5-8-14(11-13)20-4/h5-12H,18H2,1-4H3. The summed E-state index contributed by atoms with van der Waals surface area (Å²) in [6, 6.07) is 13.7. The fourth-order valence-corrected chi connectivity index (χ4v) is 2.14. The Morgan fingerprint density at radius 3 is 2.48 bits per heavy atom. The second-order valence-electron chi connectivity index (χ2n) is 5.12. The molecule has 0 unspecified atom stereocenters. The van der Waals surface area contributed by atoms with E-state index in [-0.39, 0.29) is 6.10 Å². The van der Waals surface area contributed by atoms with Crippen molar-refractivity contribution in [2.75, 3.05) is 24.8 Å². The molecule has 4 heteroatoms. The van der Waals surface area contributed by atoms with E-state index in [9.17, 15) is 0 Å². The fraction of sp³-hybridized carbons (Fsp3) is 0.294. The van der Waals surface area contributed by atoms with Crippen molar-refractivity contribution in [3.8, 4) is 11.5 Å². The molecule has 2 N–H and O–H groups in total. The Kier molecular flexibility index (Phi) is 4.58. The molecule has 2 aromatic carbocycles. The molecule has 0 atom stereocenters. The van der Waals surface area contributed by atoms with Crippen LogP contribution in [0, 0.1) is 0 Å². The van der Waals surface area contributed by atoms with Crippen molar-refractivity contribution in [3.63, 3.8) is 0 Å². The van der Waals surface area contributed by atoms with E-state index < -0.39 is 0 Å². The van der Waals surface area contributed by atoms with Gasteiger partial charge in [0.1, 0.15) is 11.5 Å². The van der Waals surface area contributed by atoms with E-state index in [1.807, 2.05) is 68.3 Å². The number of ether oxygens (including phenoxy) is 2. The van der Waals surface area contributed by atoms with Crippen molar-refractivity contribution in [1.29, 1.82) is 0 Å². The second kappa shape index (κ2) is 6.39. The van der Waals surface area contributed by atoms with E-state index in [0.717, 1.165) is 17.1 Å². The van der Waals surface area contributed by atoms with Crippen molar-refractivity contribution in [3.05, 3.63) is 42.5 Å². The lowest BCUT2D eigenvalue weighted by atomic mass is 10.2. The van der Waals surface area contributed by atoms with Crippen LogP contribution in [0.1, 0.15) is 13.8 Å². The number of nitrogens with zero attached hydrogens (tertiary/aromatic N) is 1. The van der Waals surface area contributed by atoms with Crippen LogP contribution in [0.4, 0.5) is 17.1 Å². The van der Waals surface area contributed by atoms with Gasteiger partial charge in [-0.15, -0.1) is 0 Å². The van der Waals surface area contributed by atoms with Crippen LogP contribution in [0.2, 0.25) is 0 Å². The highest BCUT2D eigenvalue weighted by Gasteiger charge is 2.12. The summed E-state index contributed by atoms with van der Waals surface area (Å²) < 4.78 is 11.0. The van der Waals surface area contributed by atoms with Gasteiger partial charge in [-0.2, -0.15) is 0 Å². The van der Waals surface area contributed by atoms with Gasteiger partial charge < -0.3 is 20.1 Å². The first-order chi connectivity index (χ1) is 10.0. The van der Waals surface area contributed by atoms with Crippen LogP contribution in [-0.2, 0) is 0 Å². The summed E-state index contributed by atoms with van der Waals surface area (Å²) in [7, 11) is 3.63. The number of rotatable bonds is 5. The van der Waals surface area contributed by atoms with Gasteiger partial charge in [0.15, 0.2) is 0 Å². The van der Waals surface area contributed by atoms with E-state index in [0.29, 0.717) is 11.4 Å². The van der Waals surface area contributed by atoms with Crippen molar-refractivity contribution in [2.24, 2.45) is 0 Å². The highest BCUT2D eigenvalue weighted by atomic mass is 16.5. The maximum atomic E-state index is 6.24. The minimum atomic E-state index is 0.0877. The summed E-state index contributed by atoms with van der Waals surface area (Å²) in [6.45, 7) is 3.97. The Morgan fingerprint density at radius 2 is 1.81 bits per heavy atom. The molecule has 0 spiro atoms. The first-order valence-electron chi connectivity index (χ1n) is 6.96. The monoisotopic (exact) mass is 286 g/mol. The number of anilines is 3. The number of hydrogen-bond acceptors (Lipinski definition) is 4. The van der Waals surface area contributed by atoms with Gasteiger partial charge in [0.2, 0.25) is 0 Å². The lowest BCUT2D eigenvalue weighted by Crippen LogP contribution is -2.14. The average molecular weight is 286 g/mol. The highest BCUT2D eigenvalue weighted by Crippen LogP contribution is 2.36. The van der Waals surface area contributed by atoms with Crippen LogP contribution in [-0.4, -0.2) is 20.3 Å². The average Bonchev–Trinajstić information content (AvgIpc) is 2.48. The molecule has 0 aliphatic carbocycles. The largest absolute Gasteiger partial charge is 0.497 e. The molecule has 0 fully saturated rings. The lowest BCUT2D eigenvalue weighted by molar-refractivity contribution is 0.244. The van der Waals surface area contributed by atoms with Gasteiger partial charge in [0.25, 0.3) is 0 Å². The predicted molar refractivity (Wildman–Crippen MR) is 87.7 cm³/mol. The van der Waals surface area contributed by atoms with Crippen LogP contribution in [0.15, 0.2) is 42.5 Å². The molecule has 0 aliphatic heterocycles. The van der Waals surface area contributed by atoms with Gasteiger partial charge in [0.05, 0.1) is 24.6 Å². The Bertz CT molecular complexity index is 611. The third-order valence-electron chi connectivity index (χ3n) is 3.21. The van der Waals surface area contributed by atoms with Crippen molar-refractivity contribution < 1.29 is 9.47 Å². The van der Waals surface area contributed by atoms with E-state index >= 15 is 0 Å². The zero-order chi connectivity index (χ0) is 15.4. The summed E-state index contributed by atoms with van der Waals surface area (Å²) in [4.78, 5) is 2.02. The topological polar surface area (TPSA) is 47.7 Å². The summed E-state index contributed by atoms with van der Waals surface area (Å²) in [5.41, 5.74) is 8.78. The molecule has 0 heterocycles. The van der Waals surface area contributed by atoms with Crippen LogP contribution in [0.3, 0.4) is 0 Å². The van der Waals surface area contributed by atoms with Gasteiger partial charge in [-0.1, -0.05) is 12.1 Å². The van der Waals surface area contributed by atoms with Crippen LogP contribution >= 0.6 is 0 Å². The Morgan fingerprint density at radius 1 is 1.10 bits per heavy atom. The summed E-state index contributed by atoms with van der Waals surface area (Å²) >= 11 is 0. The smallest absolute Gasteiger partial charge is 0.144 e. The Labute approximate surface area is 126 Å². The van der Waals surface area contributed by atoms with Gasteiger partial charge >= 0.3 is 0 Å². The zero-order valence-electron chi connectivity index (χ0n) is 13.0. The molecule has 2 aromatic rings. The van der Waals surface area contributed by atoms with Gasteiger partial charge in [-0.3, -0.25) is 0 Å². The molecule has 0 saturated carbocycles. The minimum Gasteiger partial charge on any atom is -0.497 e. The molecule has 0 bridgehead atoms. The Hall–Kier alpha value is -2.36. The summed E-state index contributed by atoms with van der Waals surface area (Å²) in [5.74, 6) is 1.52. The van der Waals surface area contributed by atoms with Crippen LogP contribution < -0.4 is 20.1 Å². The lowest BCUT2D eigenvalue weighted by Gasteiger charge is -2.23. The van der Waals surface area contributed by atoms with Gasteiger partial charge in [0, 0.05) is 18.8 Å². The third kappa shape index (κ3) is 3.40. The summed E-state index contributed by atoms with van der Waals surface area (Å²) in [6.07, 6.45) is 0.0877. The SMILES string of the molecule is COc1cccc(N(C)c2cccc(OC(C)C)c2N)c1. The zero-order valence-corrected chi connectivity index (χ0v) is 13.0. The predicted octanol–water partition coefficient (Wildman–Crippen LogP) is 3.83. The number of hydrogen-bond donors (Lipinski definition) is 1. The quantitative estimate of drug-likeness (QED) is 0.849. The van der Waals surface area contributed by atoms with E-state index in [2.05, 4.69) is 0 Å². The molecule has 21 heavy (non-hydrogen) atoms. The number of nitrogen functional groups attached to an aromatic ring is 1. The van der Waals surface area contributed by atoms with E-state index in [4.69, 9.17) is 15.2 Å². The number of para-hydroxylation sites is 1. The van der Waals surface area contributed by atoms with E-state index in [1.54, 1.807) is 7.11 Å². The van der Waals surface area contributed by atoms with Crippen molar-refractivity contribution >= 4 is 17.1 Å². The van der Waals surface area contributed by atoms with Crippen LogP contribution in [0.5, 0.6) is 11.5 Å². The molecule has 0 saturated heterocycles. The van der Waals surface area contributed by atoms with E-state index in [1.165, 1.54) is 0 Å². The molecule has 4 nitrogen and oxygen atoms in total. The minimum absolute atomic E-state index is 0.0877. The molecule has 0 aliphatic rings. The molecule has 0 aromatic heterocycles. The second-order valence-corrected chi connectivity index (χ2v) is 5.12. The molecule has 112 valence electrons. The highest BCUT2D eigenvalue weighted by molar-refractivity contribution is 5.79. The molecule has 0 amide bonds. The third-order valence-corrected chi connectivity index (χ3v) is 3.21. The molecular weight excluding hydrogens is 264 g/mol. The van der Waals surface area contributed by atoms with Gasteiger partial charge in [-0.25, -0.2) is 0 Å².